The molecule has 0 radical (unpaired) electrons. The van der Waals surface area contributed by atoms with Gasteiger partial charge in [-0.05, 0) is 55.3 Å². The van der Waals surface area contributed by atoms with Gasteiger partial charge in [0.05, 0.1) is 12.1 Å². The lowest BCUT2D eigenvalue weighted by molar-refractivity contribution is 0.242. The maximum Gasteiger partial charge on any atom is 0.123 e. The first-order valence-electron chi connectivity index (χ1n) is 6.44. The van der Waals surface area contributed by atoms with Gasteiger partial charge in [0.15, 0.2) is 0 Å². The molecule has 1 unspecified atom stereocenters. The lowest BCUT2D eigenvalue weighted by Crippen LogP contribution is -2.13. The van der Waals surface area contributed by atoms with E-state index in [4.69, 9.17) is 10.5 Å². The second-order valence-corrected chi connectivity index (χ2v) is 5.73. The zero-order valence-corrected chi connectivity index (χ0v) is 13.0. The largest absolute Gasteiger partial charge is 0.491 e. The van der Waals surface area contributed by atoms with Gasteiger partial charge < -0.3 is 10.5 Å². The molecule has 106 valence electrons. The molecule has 0 amide bonds. The van der Waals surface area contributed by atoms with Gasteiger partial charge in [-0.3, -0.25) is 0 Å². The van der Waals surface area contributed by atoms with Crippen LogP contribution < -0.4 is 10.5 Å². The van der Waals surface area contributed by atoms with Gasteiger partial charge in [0.2, 0.25) is 0 Å². The Morgan fingerprint density at radius 3 is 2.35 bits per heavy atom. The molecule has 0 saturated heterocycles. The van der Waals surface area contributed by atoms with Crippen molar-refractivity contribution in [3.63, 3.8) is 0 Å². The van der Waals surface area contributed by atoms with Crippen LogP contribution in [0.1, 0.15) is 31.0 Å². The predicted octanol–water partition coefficient (Wildman–Crippen LogP) is 4.42. The molecule has 0 aliphatic carbocycles. The Kier molecular flexibility index (Phi) is 4.78. The summed E-state index contributed by atoms with van der Waals surface area (Å²) in [6.45, 7) is 3.95. The molecule has 2 aromatic rings. The highest BCUT2D eigenvalue weighted by Crippen LogP contribution is 2.28. The molecule has 0 bridgehead atoms. The third-order valence-electron chi connectivity index (χ3n) is 2.90. The van der Waals surface area contributed by atoms with Crippen molar-refractivity contribution in [3.05, 3.63) is 63.9 Å². The molecule has 20 heavy (non-hydrogen) atoms. The van der Waals surface area contributed by atoms with Gasteiger partial charge in [-0.15, -0.1) is 0 Å². The summed E-state index contributed by atoms with van der Waals surface area (Å²) < 4.78 is 19.7. The maximum absolute atomic E-state index is 13.3. The summed E-state index contributed by atoms with van der Waals surface area (Å²) in [4.78, 5) is 0. The highest BCUT2D eigenvalue weighted by molar-refractivity contribution is 9.10. The second kappa shape index (κ2) is 6.37. The first-order chi connectivity index (χ1) is 9.47. The monoisotopic (exact) mass is 337 g/mol. The zero-order valence-electron chi connectivity index (χ0n) is 11.4. The number of rotatable bonds is 4. The Bertz CT molecular complexity index is 584. The molecule has 0 heterocycles. The highest BCUT2D eigenvalue weighted by Gasteiger charge is 2.13. The van der Waals surface area contributed by atoms with Crippen LogP contribution >= 0.6 is 15.9 Å². The van der Waals surface area contributed by atoms with E-state index in [1.165, 1.54) is 12.1 Å². The van der Waals surface area contributed by atoms with Crippen molar-refractivity contribution in [1.29, 1.82) is 0 Å². The SMILES string of the molecule is CC(C)Oc1ccc(C(N)c2cc(F)ccc2Br)cc1. The van der Waals surface area contributed by atoms with E-state index in [2.05, 4.69) is 15.9 Å². The normalized spacial score (nSPS) is 12.5. The summed E-state index contributed by atoms with van der Waals surface area (Å²) in [7, 11) is 0. The Hall–Kier alpha value is -1.39. The summed E-state index contributed by atoms with van der Waals surface area (Å²) in [6.07, 6.45) is 0.131. The molecule has 4 heteroatoms. The Morgan fingerprint density at radius 2 is 1.75 bits per heavy atom. The van der Waals surface area contributed by atoms with Gasteiger partial charge >= 0.3 is 0 Å². The van der Waals surface area contributed by atoms with Crippen molar-refractivity contribution < 1.29 is 9.13 Å². The molecular formula is C16H17BrFNO. The molecule has 0 saturated carbocycles. The molecule has 2 N–H and O–H groups in total. The molecule has 0 aliphatic heterocycles. The lowest BCUT2D eigenvalue weighted by Gasteiger charge is -2.16. The van der Waals surface area contributed by atoms with Crippen molar-refractivity contribution >= 4 is 15.9 Å². The van der Waals surface area contributed by atoms with Crippen molar-refractivity contribution in [2.45, 2.75) is 26.0 Å². The molecular weight excluding hydrogens is 321 g/mol. The van der Waals surface area contributed by atoms with Crippen LogP contribution in [0, 0.1) is 5.82 Å². The van der Waals surface area contributed by atoms with E-state index in [0.717, 1.165) is 21.3 Å². The van der Waals surface area contributed by atoms with E-state index in [1.807, 2.05) is 38.1 Å². The summed E-state index contributed by atoms with van der Waals surface area (Å²) >= 11 is 3.40. The van der Waals surface area contributed by atoms with E-state index in [1.54, 1.807) is 6.07 Å². The van der Waals surface area contributed by atoms with Gasteiger partial charge in [-0.1, -0.05) is 28.1 Å². The standard InChI is InChI=1S/C16H17BrFNO/c1-10(2)20-13-6-3-11(4-7-13)16(19)14-9-12(18)5-8-15(14)17/h3-10,16H,19H2,1-2H3. The van der Waals surface area contributed by atoms with Gasteiger partial charge in [0.1, 0.15) is 11.6 Å². The van der Waals surface area contributed by atoms with Crippen LogP contribution in [0.5, 0.6) is 5.75 Å². The minimum absolute atomic E-state index is 0.131. The summed E-state index contributed by atoms with van der Waals surface area (Å²) in [5.41, 5.74) is 7.83. The number of ether oxygens (including phenoxy) is 1. The highest BCUT2D eigenvalue weighted by atomic mass is 79.9. The van der Waals surface area contributed by atoms with E-state index in [-0.39, 0.29) is 18.0 Å². The van der Waals surface area contributed by atoms with Crippen LogP contribution in [0.15, 0.2) is 46.9 Å². The fourth-order valence-electron chi connectivity index (χ4n) is 1.96. The van der Waals surface area contributed by atoms with Gasteiger partial charge in [0, 0.05) is 4.47 Å². The fraction of sp³-hybridized carbons (Fsp3) is 0.250. The maximum atomic E-state index is 13.3. The smallest absolute Gasteiger partial charge is 0.123 e. The van der Waals surface area contributed by atoms with Crippen molar-refractivity contribution in [2.75, 3.05) is 0 Å². The van der Waals surface area contributed by atoms with Gasteiger partial charge in [-0.2, -0.15) is 0 Å². The number of hydrogen-bond acceptors (Lipinski definition) is 2. The average molecular weight is 338 g/mol. The molecule has 2 nitrogen and oxygen atoms in total. The van der Waals surface area contributed by atoms with Crippen LogP contribution in [-0.2, 0) is 0 Å². The Labute approximate surface area is 126 Å². The minimum Gasteiger partial charge on any atom is -0.491 e. The molecule has 2 aromatic carbocycles. The number of nitrogens with two attached hydrogens (primary N) is 1. The van der Waals surface area contributed by atoms with E-state index in [9.17, 15) is 4.39 Å². The van der Waals surface area contributed by atoms with Gasteiger partial charge in [0.25, 0.3) is 0 Å². The van der Waals surface area contributed by atoms with Crippen LogP contribution in [0.3, 0.4) is 0 Å². The third-order valence-corrected chi connectivity index (χ3v) is 3.63. The van der Waals surface area contributed by atoms with Crippen LogP contribution in [0.25, 0.3) is 0 Å². The Morgan fingerprint density at radius 1 is 1.10 bits per heavy atom. The number of benzene rings is 2. The molecule has 0 fully saturated rings. The van der Waals surface area contributed by atoms with Crippen molar-refractivity contribution in [3.8, 4) is 5.75 Å². The molecule has 1 atom stereocenters. The molecule has 0 aliphatic rings. The first kappa shape index (κ1) is 15.0. The zero-order chi connectivity index (χ0) is 14.7. The predicted molar refractivity (Wildman–Crippen MR) is 82.3 cm³/mol. The summed E-state index contributed by atoms with van der Waals surface area (Å²) in [5.74, 6) is 0.507. The summed E-state index contributed by atoms with van der Waals surface area (Å²) in [6, 6.07) is 11.7. The van der Waals surface area contributed by atoms with E-state index >= 15 is 0 Å². The van der Waals surface area contributed by atoms with E-state index in [0.29, 0.717) is 0 Å². The van der Waals surface area contributed by atoms with Crippen LogP contribution in [0.4, 0.5) is 4.39 Å². The third kappa shape index (κ3) is 3.58. The lowest BCUT2D eigenvalue weighted by atomic mass is 9.99. The second-order valence-electron chi connectivity index (χ2n) is 4.88. The fourth-order valence-corrected chi connectivity index (χ4v) is 2.45. The average Bonchev–Trinajstić information content (AvgIpc) is 2.41. The van der Waals surface area contributed by atoms with Crippen LogP contribution in [0.2, 0.25) is 0 Å². The van der Waals surface area contributed by atoms with Gasteiger partial charge in [-0.25, -0.2) is 4.39 Å². The molecule has 2 rings (SSSR count). The quantitative estimate of drug-likeness (QED) is 0.895. The van der Waals surface area contributed by atoms with Crippen molar-refractivity contribution in [2.24, 2.45) is 5.73 Å². The molecule has 0 aromatic heterocycles. The molecule has 0 spiro atoms. The van der Waals surface area contributed by atoms with E-state index < -0.39 is 0 Å². The first-order valence-corrected chi connectivity index (χ1v) is 7.24. The Balaban J connectivity index is 2.24. The number of halogens is 2. The number of hydrogen-bond donors (Lipinski definition) is 1. The van der Waals surface area contributed by atoms with Crippen LogP contribution in [-0.4, -0.2) is 6.10 Å². The summed E-state index contributed by atoms with van der Waals surface area (Å²) in [5, 5.41) is 0. The topological polar surface area (TPSA) is 35.2 Å². The minimum atomic E-state index is -0.381. The van der Waals surface area contributed by atoms with Crippen molar-refractivity contribution in [1.82, 2.24) is 0 Å².